The summed E-state index contributed by atoms with van der Waals surface area (Å²) in [5, 5.41) is 0. The highest BCUT2D eigenvalue weighted by atomic mass is 16.7. The predicted molar refractivity (Wildman–Crippen MR) is 68.4 cm³/mol. The first kappa shape index (κ1) is 12.7. The molecule has 2 nitrogen and oxygen atoms in total. The van der Waals surface area contributed by atoms with E-state index in [-0.39, 0.29) is 0 Å². The van der Waals surface area contributed by atoms with E-state index < -0.39 is 5.79 Å². The maximum Gasteiger partial charge on any atom is 0.236 e. The summed E-state index contributed by atoms with van der Waals surface area (Å²) in [7, 11) is 0. The second-order valence-electron chi connectivity index (χ2n) is 5.08. The van der Waals surface area contributed by atoms with Crippen molar-refractivity contribution in [3.05, 3.63) is 12.2 Å². The molecule has 0 amide bonds. The predicted octanol–water partition coefficient (Wildman–Crippen LogP) is 3.28. The van der Waals surface area contributed by atoms with Gasteiger partial charge >= 0.3 is 0 Å². The van der Waals surface area contributed by atoms with Crippen molar-refractivity contribution in [2.45, 2.75) is 51.2 Å². The van der Waals surface area contributed by atoms with E-state index in [0.717, 1.165) is 25.2 Å². The molecular weight excluding hydrogens is 212 g/mol. The van der Waals surface area contributed by atoms with E-state index in [1.54, 1.807) is 0 Å². The van der Waals surface area contributed by atoms with E-state index >= 15 is 0 Å². The molecular formula is C15H22O2. The molecule has 2 heteroatoms. The maximum atomic E-state index is 5.92. The van der Waals surface area contributed by atoms with E-state index in [9.17, 15) is 0 Å². The van der Waals surface area contributed by atoms with Crippen molar-refractivity contribution in [2.75, 3.05) is 13.2 Å². The van der Waals surface area contributed by atoms with Gasteiger partial charge in [0.2, 0.25) is 5.79 Å². The summed E-state index contributed by atoms with van der Waals surface area (Å²) in [5.41, 5.74) is 0.873. The first-order chi connectivity index (χ1) is 8.23. The first-order valence-corrected chi connectivity index (χ1v) is 6.69. The van der Waals surface area contributed by atoms with Crippen LogP contribution in [0.2, 0.25) is 0 Å². The molecule has 1 saturated heterocycles. The SMILES string of the molecule is C=C(C)C#CC1(C2CCCCC2)OCCCO1. The molecule has 0 radical (unpaired) electrons. The lowest BCUT2D eigenvalue weighted by atomic mass is 9.82. The van der Waals surface area contributed by atoms with Crippen LogP contribution >= 0.6 is 0 Å². The summed E-state index contributed by atoms with van der Waals surface area (Å²) in [6, 6.07) is 0. The summed E-state index contributed by atoms with van der Waals surface area (Å²) in [5.74, 6) is 6.06. The zero-order chi connectivity index (χ0) is 12.1. The molecule has 94 valence electrons. The second-order valence-corrected chi connectivity index (χ2v) is 5.08. The zero-order valence-corrected chi connectivity index (χ0v) is 10.8. The summed E-state index contributed by atoms with van der Waals surface area (Å²) < 4.78 is 11.8. The van der Waals surface area contributed by atoms with E-state index in [1.165, 1.54) is 32.1 Å². The quantitative estimate of drug-likeness (QED) is 0.648. The molecule has 2 fully saturated rings. The van der Waals surface area contributed by atoms with Crippen LogP contribution in [0.1, 0.15) is 45.4 Å². The van der Waals surface area contributed by atoms with Crippen LogP contribution in [-0.2, 0) is 9.47 Å². The van der Waals surface area contributed by atoms with Gasteiger partial charge in [-0.15, -0.1) is 0 Å². The highest BCUT2D eigenvalue weighted by Crippen LogP contribution is 2.37. The Morgan fingerprint density at radius 1 is 1.12 bits per heavy atom. The average Bonchev–Trinajstić information content (AvgIpc) is 2.39. The number of hydrogen-bond donors (Lipinski definition) is 0. The number of ether oxygens (including phenoxy) is 2. The fourth-order valence-corrected chi connectivity index (χ4v) is 2.63. The average molecular weight is 234 g/mol. The smallest absolute Gasteiger partial charge is 0.236 e. The van der Waals surface area contributed by atoms with Gasteiger partial charge in [-0.1, -0.05) is 31.8 Å². The van der Waals surface area contributed by atoms with Crippen LogP contribution in [0.25, 0.3) is 0 Å². The van der Waals surface area contributed by atoms with Gasteiger partial charge in [0.05, 0.1) is 13.2 Å². The molecule has 0 N–H and O–H groups in total. The van der Waals surface area contributed by atoms with Crippen LogP contribution in [0.3, 0.4) is 0 Å². The largest absolute Gasteiger partial charge is 0.339 e. The molecule has 0 atom stereocenters. The van der Waals surface area contributed by atoms with Crippen LogP contribution in [-0.4, -0.2) is 19.0 Å². The van der Waals surface area contributed by atoms with Crippen LogP contribution < -0.4 is 0 Å². The third-order valence-corrected chi connectivity index (χ3v) is 3.51. The van der Waals surface area contributed by atoms with E-state index in [4.69, 9.17) is 9.47 Å². The summed E-state index contributed by atoms with van der Waals surface area (Å²) in [6.07, 6.45) is 7.20. The van der Waals surface area contributed by atoms with Gasteiger partial charge in [0, 0.05) is 5.92 Å². The van der Waals surface area contributed by atoms with Gasteiger partial charge in [0.15, 0.2) is 0 Å². The molecule has 0 aromatic rings. The van der Waals surface area contributed by atoms with Crippen LogP contribution in [0, 0.1) is 17.8 Å². The molecule has 0 spiro atoms. The molecule has 1 heterocycles. The van der Waals surface area contributed by atoms with Crippen molar-refractivity contribution < 1.29 is 9.47 Å². The van der Waals surface area contributed by atoms with Crippen LogP contribution in [0.15, 0.2) is 12.2 Å². The Balaban J connectivity index is 2.16. The Labute approximate surface area is 104 Å². The first-order valence-electron chi connectivity index (χ1n) is 6.69. The molecule has 1 saturated carbocycles. The molecule has 0 aromatic heterocycles. The fourth-order valence-electron chi connectivity index (χ4n) is 2.63. The second kappa shape index (κ2) is 5.71. The normalized spacial score (nSPS) is 24.8. The standard InChI is InChI=1S/C15H22O2/c1-13(2)9-10-15(16-11-6-12-17-15)14-7-4-3-5-8-14/h14H,1,3-8,11-12H2,2H3. The number of allylic oxidation sites excluding steroid dienone is 1. The molecule has 17 heavy (non-hydrogen) atoms. The lowest BCUT2D eigenvalue weighted by molar-refractivity contribution is -0.261. The maximum absolute atomic E-state index is 5.92. The third kappa shape index (κ3) is 3.12. The van der Waals surface area contributed by atoms with Gasteiger partial charge in [-0.2, -0.15) is 0 Å². The summed E-state index contributed by atoms with van der Waals surface area (Å²) in [4.78, 5) is 0. The van der Waals surface area contributed by atoms with Crippen LogP contribution in [0.4, 0.5) is 0 Å². The number of rotatable bonds is 1. The monoisotopic (exact) mass is 234 g/mol. The fraction of sp³-hybridized carbons (Fsp3) is 0.733. The van der Waals surface area contributed by atoms with Crippen molar-refractivity contribution >= 4 is 0 Å². The Morgan fingerprint density at radius 3 is 2.35 bits per heavy atom. The highest BCUT2D eigenvalue weighted by Gasteiger charge is 2.41. The Morgan fingerprint density at radius 2 is 1.76 bits per heavy atom. The third-order valence-electron chi connectivity index (χ3n) is 3.51. The van der Waals surface area contributed by atoms with E-state index in [1.807, 2.05) is 6.92 Å². The van der Waals surface area contributed by atoms with Gasteiger partial charge in [0.25, 0.3) is 0 Å². The van der Waals surface area contributed by atoms with E-state index in [0.29, 0.717) is 5.92 Å². The van der Waals surface area contributed by atoms with Crippen molar-refractivity contribution in [1.82, 2.24) is 0 Å². The van der Waals surface area contributed by atoms with Crippen molar-refractivity contribution in [1.29, 1.82) is 0 Å². The Kier molecular flexibility index (Phi) is 4.25. The van der Waals surface area contributed by atoms with Gasteiger partial charge in [-0.3, -0.25) is 0 Å². The van der Waals surface area contributed by atoms with Crippen molar-refractivity contribution in [3.63, 3.8) is 0 Å². The minimum absolute atomic E-state index is 0.434. The van der Waals surface area contributed by atoms with Gasteiger partial charge in [-0.25, -0.2) is 0 Å². The zero-order valence-electron chi connectivity index (χ0n) is 10.8. The minimum Gasteiger partial charge on any atom is -0.339 e. The lowest BCUT2D eigenvalue weighted by Crippen LogP contribution is -2.46. The Hall–Kier alpha value is -0.780. The highest BCUT2D eigenvalue weighted by molar-refractivity contribution is 5.27. The van der Waals surface area contributed by atoms with Gasteiger partial charge in [-0.05, 0) is 37.7 Å². The summed E-state index contributed by atoms with van der Waals surface area (Å²) in [6.45, 7) is 7.28. The molecule has 1 aliphatic carbocycles. The molecule has 1 aliphatic heterocycles. The molecule has 0 aromatic carbocycles. The van der Waals surface area contributed by atoms with Gasteiger partial charge < -0.3 is 9.47 Å². The van der Waals surface area contributed by atoms with Crippen molar-refractivity contribution in [3.8, 4) is 11.8 Å². The van der Waals surface area contributed by atoms with Gasteiger partial charge in [0.1, 0.15) is 0 Å². The Bertz CT molecular complexity index is 323. The summed E-state index contributed by atoms with van der Waals surface area (Å²) >= 11 is 0. The number of hydrogen-bond acceptors (Lipinski definition) is 2. The molecule has 2 rings (SSSR count). The molecule has 0 unspecified atom stereocenters. The minimum atomic E-state index is -0.641. The topological polar surface area (TPSA) is 18.5 Å². The van der Waals surface area contributed by atoms with Crippen molar-refractivity contribution in [2.24, 2.45) is 5.92 Å². The molecule has 0 bridgehead atoms. The van der Waals surface area contributed by atoms with Crippen LogP contribution in [0.5, 0.6) is 0 Å². The molecule has 2 aliphatic rings. The van der Waals surface area contributed by atoms with E-state index in [2.05, 4.69) is 18.4 Å². The lowest BCUT2D eigenvalue weighted by Gasteiger charge is -2.40.